The molecule has 2 rings (SSSR count). The molecule has 1 saturated heterocycles. The molecule has 4 nitrogen and oxygen atoms in total. The zero-order chi connectivity index (χ0) is 14.0. The molecule has 0 saturated carbocycles. The topological polar surface area (TPSA) is 63.4 Å². The maximum atomic E-state index is 13.7. The molecule has 1 aromatic rings. The van der Waals surface area contributed by atoms with E-state index in [0.29, 0.717) is 6.54 Å². The molecule has 0 unspecified atom stereocenters. The molecule has 6 heteroatoms. The Hall–Kier alpha value is -0.980. The van der Waals surface area contributed by atoms with Gasteiger partial charge in [0.15, 0.2) is 0 Å². The van der Waals surface area contributed by atoms with E-state index >= 15 is 0 Å². The number of hydrogen-bond acceptors (Lipinski definition) is 3. The first-order valence-corrected chi connectivity index (χ1v) is 7.89. The zero-order valence-electron chi connectivity index (χ0n) is 10.9. The van der Waals surface area contributed by atoms with Crippen molar-refractivity contribution in [1.29, 1.82) is 0 Å². The smallest absolute Gasteiger partial charge is 0.246 e. The van der Waals surface area contributed by atoms with Crippen LogP contribution in [-0.2, 0) is 10.0 Å². The Balaban J connectivity index is 2.41. The van der Waals surface area contributed by atoms with Crippen LogP contribution in [0.15, 0.2) is 29.2 Å². The van der Waals surface area contributed by atoms with Crippen LogP contribution < -0.4 is 5.73 Å². The highest BCUT2D eigenvalue weighted by molar-refractivity contribution is 7.89. The van der Waals surface area contributed by atoms with Crippen molar-refractivity contribution in [3.05, 3.63) is 30.1 Å². The SMILES string of the molecule is C[C@H]1CCCN(S(=O)(=O)c2ccccc2F)[C@@H]1CN. The van der Waals surface area contributed by atoms with E-state index in [1.807, 2.05) is 6.92 Å². The fourth-order valence-electron chi connectivity index (χ4n) is 2.64. The number of rotatable bonds is 3. The lowest BCUT2D eigenvalue weighted by atomic mass is 9.93. The van der Waals surface area contributed by atoms with E-state index in [-0.39, 0.29) is 23.4 Å². The number of hydrogen-bond donors (Lipinski definition) is 1. The second-order valence-electron chi connectivity index (χ2n) is 4.97. The maximum Gasteiger partial charge on any atom is 0.246 e. The summed E-state index contributed by atoms with van der Waals surface area (Å²) in [5.74, 6) is -0.517. The third kappa shape index (κ3) is 2.66. The van der Waals surface area contributed by atoms with E-state index in [1.54, 1.807) is 0 Å². The summed E-state index contributed by atoms with van der Waals surface area (Å²) in [5, 5.41) is 0. The van der Waals surface area contributed by atoms with Crippen molar-refractivity contribution in [1.82, 2.24) is 4.31 Å². The normalized spacial score (nSPS) is 25.4. The molecule has 1 aliphatic heterocycles. The number of halogens is 1. The van der Waals surface area contributed by atoms with Crippen molar-refractivity contribution in [3.63, 3.8) is 0 Å². The van der Waals surface area contributed by atoms with Crippen molar-refractivity contribution in [3.8, 4) is 0 Å². The highest BCUT2D eigenvalue weighted by Gasteiger charge is 2.37. The van der Waals surface area contributed by atoms with Crippen LogP contribution in [0.1, 0.15) is 19.8 Å². The molecule has 19 heavy (non-hydrogen) atoms. The van der Waals surface area contributed by atoms with E-state index in [4.69, 9.17) is 5.73 Å². The minimum absolute atomic E-state index is 0.195. The summed E-state index contributed by atoms with van der Waals surface area (Å²) in [5.41, 5.74) is 5.70. The van der Waals surface area contributed by atoms with Gasteiger partial charge in [0, 0.05) is 19.1 Å². The fraction of sp³-hybridized carbons (Fsp3) is 0.538. The van der Waals surface area contributed by atoms with Gasteiger partial charge in [-0.2, -0.15) is 4.31 Å². The second-order valence-corrected chi connectivity index (χ2v) is 6.83. The summed E-state index contributed by atoms with van der Waals surface area (Å²) in [6, 6.07) is 5.22. The summed E-state index contributed by atoms with van der Waals surface area (Å²) in [6.45, 7) is 2.65. The lowest BCUT2D eigenvalue weighted by Gasteiger charge is -2.38. The molecule has 0 aromatic heterocycles. The summed E-state index contributed by atoms with van der Waals surface area (Å²) in [4.78, 5) is -0.262. The lowest BCUT2D eigenvalue weighted by molar-refractivity contribution is 0.192. The molecule has 1 heterocycles. The van der Waals surface area contributed by atoms with E-state index in [1.165, 1.54) is 22.5 Å². The van der Waals surface area contributed by atoms with Gasteiger partial charge in [-0.1, -0.05) is 19.1 Å². The van der Waals surface area contributed by atoms with Gasteiger partial charge in [0.05, 0.1) is 0 Å². The molecule has 1 aliphatic rings. The fourth-order valence-corrected chi connectivity index (χ4v) is 4.48. The number of piperidine rings is 1. The summed E-state index contributed by atoms with van der Waals surface area (Å²) >= 11 is 0. The van der Waals surface area contributed by atoms with Gasteiger partial charge in [-0.15, -0.1) is 0 Å². The van der Waals surface area contributed by atoms with Crippen LogP contribution in [0.5, 0.6) is 0 Å². The Kier molecular flexibility index (Phi) is 4.23. The number of benzene rings is 1. The Morgan fingerprint density at radius 1 is 1.42 bits per heavy atom. The number of nitrogens with two attached hydrogens (primary N) is 1. The maximum absolute atomic E-state index is 13.7. The second kappa shape index (κ2) is 5.56. The van der Waals surface area contributed by atoms with E-state index in [9.17, 15) is 12.8 Å². The average Bonchev–Trinajstić information content (AvgIpc) is 2.38. The molecular weight excluding hydrogens is 267 g/mol. The van der Waals surface area contributed by atoms with Crippen molar-refractivity contribution >= 4 is 10.0 Å². The predicted octanol–water partition coefficient (Wildman–Crippen LogP) is 1.57. The summed E-state index contributed by atoms with van der Waals surface area (Å²) in [6.07, 6.45) is 1.73. The van der Waals surface area contributed by atoms with Gasteiger partial charge < -0.3 is 5.73 Å². The van der Waals surface area contributed by atoms with Crippen molar-refractivity contribution in [2.75, 3.05) is 13.1 Å². The van der Waals surface area contributed by atoms with Crippen LogP contribution >= 0.6 is 0 Å². The molecule has 2 N–H and O–H groups in total. The van der Waals surface area contributed by atoms with Crippen LogP contribution in [-0.4, -0.2) is 31.9 Å². The van der Waals surface area contributed by atoms with Crippen molar-refractivity contribution < 1.29 is 12.8 Å². The zero-order valence-corrected chi connectivity index (χ0v) is 11.7. The van der Waals surface area contributed by atoms with Crippen molar-refractivity contribution in [2.45, 2.75) is 30.7 Å². The Morgan fingerprint density at radius 2 is 2.11 bits per heavy atom. The van der Waals surface area contributed by atoms with Gasteiger partial charge in [0.25, 0.3) is 0 Å². The standard InChI is InChI=1S/C13H19FN2O2S/c1-10-5-4-8-16(12(10)9-15)19(17,18)13-7-3-2-6-11(13)14/h2-3,6-7,10,12H,4-5,8-9,15H2,1H3/t10-,12+/m0/s1. The molecule has 0 aliphatic carbocycles. The quantitative estimate of drug-likeness (QED) is 0.917. The molecule has 0 spiro atoms. The Labute approximate surface area is 113 Å². The highest BCUT2D eigenvalue weighted by Crippen LogP contribution is 2.29. The molecule has 0 radical (unpaired) electrons. The van der Waals surface area contributed by atoms with Gasteiger partial charge in [-0.25, -0.2) is 12.8 Å². The molecule has 0 amide bonds. The van der Waals surface area contributed by atoms with Crippen LogP contribution in [0.25, 0.3) is 0 Å². The van der Waals surface area contributed by atoms with Crippen molar-refractivity contribution in [2.24, 2.45) is 11.7 Å². The first kappa shape index (κ1) is 14.4. The van der Waals surface area contributed by atoms with Crippen LogP contribution in [0.2, 0.25) is 0 Å². The largest absolute Gasteiger partial charge is 0.329 e. The monoisotopic (exact) mass is 286 g/mol. The van der Waals surface area contributed by atoms with Gasteiger partial charge in [-0.3, -0.25) is 0 Å². The molecular formula is C13H19FN2O2S. The molecule has 1 aromatic carbocycles. The van der Waals surface area contributed by atoms with Crippen LogP contribution in [0.4, 0.5) is 4.39 Å². The first-order chi connectivity index (χ1) is 8.98. The Bertz CT molecular complexity index is 547. The minimum Gasteiger partial charge on any atom is -0.329 e. The van der Waals surface area contributed by atoms with Gasteiger partial charge >= 0.3 is 0 Å². The molecule has 106 valence electrons. The summed E-state index contributed by atoms with van der Waals surface area (Å²) in [7, 11) is -3.81. The third-order valence-electron chi connectivity index (χ3n) is 3.73. The first-order valence-electron chi connectivity index (χ1n) is 6.45. The Morgan fingerprint density at radius 3 is 2.74 bits per heavy atom. The average molecular weight is 286 g/mol. The summed E-state index contributed by atoms with van der Waals surface area (Å²) < 4.78 is 40.2. The van der Waals surface area contributed by atoms with Crippen LogP contribution in [0, 0.1) is 11.7 Å². The van der Waals surface area contributed by atoms with E-state index in [0.717, 1.165) is 18.9 Å². The highest BCUT2D eigenvalue weighted by atomic mass is 32.2. The van der Waals surface area contributed by atoms with E-state index < -0.39 is 15.8 Å². The number of sulfonamides is 1. The van der Waals surface area contributed by atoms with Gasteiger partial charge in [0.1, 0.15) is 10.7 Å². The number of nitrogens with zero attached hydrogens (tertiary/aromatic N) is 1. The van der Waals surface area contributed by atoms with Gasteiger partial charge in [-0.05, 0) is 30.9 Å². The third-order valence-corrected chi connectivity index (χ3v) is 5.69. The van der Waals surface area contributed by atoms with Crippen LogP contribution in [0.3, 0.4) is 0 Å². The van der Waals surface area contributed by atoms with Gasteiger partial charge in [0.2, 0.25) is 10.0 Å². The molecule has 0 bridgehead atoms. The molecule has 1 fully saturated rings. The lowest BCUT2D eigenvalue weighted by Crippen LogP contribution is -2.51. The van der Waals surface area contributed by atoms with E-state index in [2.05, 4.69) is 0 Å². The molecule has 2 atom stereocenters. The predicted molar refractivity (Wildman–Crippen MR) is 71.5 cm³/mol. The minimum atomic E-state index is -3.81.